The predicted molar refractivity (Wildman–Crippen MR) is 78.9 cm³/mol. The second-order valence-corrected chi connectivity index (χ2v) is 6.89. The number of likely N-dealkylation sites (tertiary alicyclic amines) is 1. The van der Waals surface area contributed by atoms with Crippen molar-refractivity contribution in [2.75, 3.05) is 18.4 Å². The van der Waals surface area contributed by atoms with Gasteiger partial charge in [-0.05, 0) is 45.2 Å². The van der Waals surface area contributed by atoms with E-state index < -0.39 is 5.60 Å². The van der Waals surface area contributed by atoms with Gasteiger partial charge in [-0.15, -0.1) is 0 Å². The van der Waals surface area contributed by atoms with Gasteiger partial charge in [-0.3, -0.25) is 0 Å². The van der Waals surface area contributed by atoms with Crippen LogP contribution < -0.4 is 5.32 Å². The number of ether oxygens (including phenoxy) is 1. The number of nitrogens with zero attached hydrogens (tertiary/aromatic N) is 1. The summed E-state index contributed by atoms with van der Waals surface area (Å²) in [5.41, 5.74) is 2.12. The van der Waals surface area contributed by atoms with Crippen molar-refractivity contribution >= 4 is 11.8 Å². The average Bonchev–Trinajstić information content (AvgIpc) is 2.90. The highest BCUT2D eigenvalue weighted by Gasteiger charge is 2.44. The summed E-state index contributed by atoms with van der Waals surface area (Å²) in [7, 11) is 0. The summed E-state index contributed by atoms with van der Waals surface area (Å²) >= 11 is 0. The quantitative estimate of drug-likeness (QED) is 0.790. The van der Waals surface area contributed by atoms with Gasteiger partial charge in [0.2, 0.25) is 0 Å². The van der Waals surface area contributed by atoms with E-state index in [1.165, 1.54) is 11.3 Å². The molecule has 1 N–H and O–H groups in total. The van der Waals surface area contributed by atoms with Gasteiger partial charge in [0.15, 0.2) is 0 Å². The number of fused-ring (bicyclic) bond motifs is 1. The molecule has 0 radical (unpaired) electrons. The average molecular weight is 274 g/mol. The molecular formula is C16H22N2O2. The molecule has 0 aromatic heterocycles. The molecule has 1 fully saturated rings. The van der Waals surface area contributed by atoms with Crippen LogP contribution in [0.15, 0.2) is 24.3 Å². The number of para-hydroxylation sites is 1. The van der Waals surface area contributed by atoms with Gasteiger partial charge in [-0.2, -0.15) is 0 Å². The lowest BCUT2D eigenvalue weighted by Crippen LogP contribution is -2.42. The number of hydrogen-bond acceptors (Lipinski definition) is 3. The summed E-state index contributed by atoms with van der Waals surface area (Å²) < 4.78 is 5.46. The van der Waals surface area contributed by atoms with Gasteiger partial charge < -0.3 is 15.0 Å². The van der Waals surface area contributed by atoms with E-state index in [0.29, 0.717) is 0 Å². The molecule has 1 atom stereocenters. The first-order valence-electron chi connectivity index (χ1n) is 7.21. The molecule has 1 aromatic rings. The molecule has 4 heteroatoms. The fourth-order valence-electron chi connectivity index (χ4n) is 3.09. The Morgan fingerprint density at radius 2 is 2.10 bits per heavy atom. The molecule has 2 aliphatic heterocycles. The van der Waals surface area contributed by atoms with Crippen molar-refractivity contribution in [2.24, 2.45) is 0 Å². The Morgan fingerprint density at radius 1 is 1.35 bits per heavy atom. The maximum absolute atomic E-state index is 12.1. The van der Waals surface area contributed by atoms with Crippen molar-refractivity contribution in [1.29, 1.82) is 0 Å². The molecule has 2 aliphatic rings. The van der Waals surface area contributed by atoms with Gasteiger partial charge in [0.1, 0.15) is 5.60 Å². The monoisotopic (exact) mass is 274 g/mol. The van der Waals surface area contributed by atoms with Crippen LogP contribution in [0.5, 0.6) is 0 Å². The third kappa shape index (κ3) is 2.47. The lowest BCUT2D eigenvalue weighted by Gasteiger charge is -2.27. The molecule has 0 bridgehead atoms. The molecule has 1 spiro atoms. The predicted octanol–water partition coefficient (Wildman–Crippen LogP) is 3.03. The maximum atomic E-state index is 12.1. The normalized spacial score (nSPS) is 24.6. The molecule has 3 rings (SSSR count). The molecule has 0 saturated carbocycles. The van der Waals surface area contributed by atoms with Crippen molar-refractivity contribution in [3.05, 3.63) is 29.8 Å². The van der Waals surface area contributed by atoms with E-state index in [1.54, 1.807) is 0 Å². The van der Waals surface area contributed by atoms with E-state index in [2.05, 4.69) is 23.5 Å². The first kappa shape index (κ1) is 13.3. The highest BCUT2D eigenvalue weighted by atomic mass is 16.6. The van der Waals surface area contributed by atoms with E-state index in [4.69, 9.17) is 4.74 Å². The van der Waals surface area contributed by atoms with E-state index in [9.17, 15) is 4.79 Å². The summed E-state index contributed by atoms with van der Waals surface area (Å²) in [6.07, 6.45) is 1.76. The van der Waals surface area contributed by atoms with Crippen LogP contribution in [-0.4, -0.2) is 35.2 Å². The van der Waals surface area contributed by atoms with Crippen LogP contribution in [0.4, 0.5) is 10.5 Å². The number of nitrogens with one attached hydrogen (secondary N) is 1. The number of anilines is 1. The second kappa shape index (κ2) is 4.40. The van der Waals surface area contributed by atoms with E-state index in [1.807, 2.05) is 31.7 Å². The second-order valence-electron chi connectivity index (χ2n) is 6.89. The summed E-state index contributed by atoms with van der Waals surface area (Å²) in [6.45, 7) is 7.19. The van der Waals surface area contributed by atoms with E-state index >= 15 is 0 Å². The van der Waals surface area contributed by atoms with Crippen LogP contribution >= 0.6 is 0 Å². The lowest BCUT2D eigenvalue weighted by molar-refractivity contribution is 0.0287. The van der Waals surface area contributed by atoms with Gasteiger partial charge in [-0.25, -0.2) is 4.79 Å². The zero-order valence-electron chi connectivity index (χ0n) is 12.4. The fourth-order valence-corrected chi connectivity index (χ4v) is 3.09. The van der Waals surface area contributed by atoms with Crippen LogP contribution in [0.3, 0.4) is 0 Å². The Kier molecular flexibility index (Phi) is 2.92. The van der Waals surface area contributed by atoms with Crippen LogP contribution in [0.2, 0.25) is 0 Å². The smallest absolute Gasteiger partial charge is 0.410 e. The Bertz CT molecular complexity index is 509. The zero-order valence-corrected chi connectivity index (χ0v) is 12.4. The van der Waals surface area contributed by atoms with E-state index in [-0.39, 0.29) is 11.6 Å². The Morgan fingerprint density at radius 3 is 2.80 bits per heavy atom. The minimum atomic E-state index is -0.432. The van der Waals surface area contributed by atoms with Crippen molar-refractivity contribution in [2.45, 2.75) is 44.8 Å². The summed E-state index contributed by atoms with van der Waals surface area (Å²) in [5, 5.41) is 3.61. The Hall–Kier alpha value is -1.71. The zero-order chi connectivity index (χ0) is 14.4. The van der Waals surface area contributed by atoms with Crippen molar-refractivity contribution < 1.29 is 9.53 Å². The van der Waals surface area contributed by atoms with Crippen LogP contribution in [-0.2, 0) is 11.2 Å². The summed E-state index contributed by atoms with van der Waals surface area (Å²) in [5.74, 6) is 0. The molecule has 0 aliphatic carbocycles. The van der Waals surface area contributed by atoms with Gasteiger partial charge in [-0.1, -0.05) is 18.2 Å². The van der Waals surface area contributed by atoms with Crippen LogP contribution in [0, 0.1) is 0 Å². The first-order valence-corrected chi connectivity index (χ1v) is 7.21. The fraction of sp³-hybridized carbons (Fsp3) is 0.562. The first-order chi connectivity index (χ1) is 9.37. The minimum Gasteiger partial charge on any atom is -0.444 e. The highest BCUT2D eigenvalue weighted by molar-refractivity contribution is 5.70. The maximum Gasteiger partial charge on any atom is 0.410 e. The minimum absolute atomic E-state index is 0.000586. The summed E-state index contributed by atoms with van der Waals surface area (Å²) in [4.78, 5) is 14.0. The largest absolute Gasteiger partial charge is 0.444 e. The van der Waals surface area contributed by atoms with Crippen LogP contribution in [0.1, 0.15) is 32.8 Å². The highest BCUT2D eigenvalue weighted by Crippen LogP contribution is 2.38. The van der Waals surface area contributed by atoms with Crippen LogP contribution in [0.25, 0.3) is 0 Å². The standard InChI is InChI=1S/C16H22N2O2/c1-15(2,3)20-14(19)18-9-8-16(11-18)10-12-6-4-5-7-13(12)17-16/h4-7,17H,8-11H2,1-3H3. The van der Waals surface area contributed by atoms with Crippen molar-refractivity contribution in [3.63, 3.8) is 0 Å². The van der Waals surface area contributed by atoms with Gasteiger partial charge in [0.25, 0.3) is 0 Å². The van der Waals surface area contributed by atoms with Gasteiger partial charge in [0.05, 0.1) is 5.54 Å². The third-order valence-electron chi connectivity index (χ3n) is 3.95. The van der Waals surface area contributed by atoms with E-state index in [0.717, 1.165) is 25.9 Å². The molecule has 20 heavy (non-hydrogen) atoms. The van der Waals surface area contributed by atoms with Gasteiger partial charge in [0, 0.05) is 18.8 Å². The third-order valence-corrected chi connectivity index (χ3v) is 3.95. The number of benzene rings is 1. The molecule has 2 heterocycles. The molecule has 4 nitrogen and oxygen atoms in total. The number of hydrogen-bond donors (Lipinski definition) is 1. The van der Waals surface area contributed by atoms with Crippen molar-refractivity contribution in [3.8, 4) is 0 Å². The topological polar surface area (TPSA) is 41.6 Å². The number of rotatable bonds is 0. The Balaban J connectivity index is 1.68. The number of amides is 1. The molecule has 1 saturated heterocycles. The Labute approximate surface area is 120 Å². The molecular weight excluding hydrogens is 252 g/mol. The van der Waals surface area contributed by atoms with Gasteiger partial charge >= 0.3 is 6.09 Å². The molecule has 1 unspecified atom stereocenters. The number of carbonyl (C=O) groups excluding carboxylic acids is 1. The molecule has 1 aromatic carbocycles. The molecule has 1 amide bonds. The van der Waals surface area contributed by atoms with Crippen molar-refractivity contribution in [1.82, 2.24) is 4.90 Å². The SMILES string of the molecule is CC(C)(C)OC(=O)N1CCC2(Cc3ccccc3N2)C1. The number of carbonyl (C=O) groups is 1. The summed E-state index contributed by atoms with van der Waals surface area (Å²) in [6, 6.07) is 8.39. The lowest BCUT2D eigenvalue weighted by atomic mass is 9.94. The molecule has 108 valence electrons.